The number of benzene rings is 1. The summed E-state index contributed by atoms with van der Waals surface area (Å²) >= 11 is 1.42. The van der Waals surface area contributed by atoms with Gasteiger partial charge in [0.15, 0.2) is 16.8 Å². The molecule has 1 heterocycles. The van der Waals surface area contributed by atoms with E-state index < -0.39 is 29.3 Å². The molecule has 0 amide bonds. The van der Waals surface area contributed by atoms with Gasteiger partial charge in [-0.1, -0.05) is 11.8 Å². The van der Waals surface area contributed by atoms with Crippen molar-refractivity contribution >= 4 is 22.6 Å². The Kier molecular flexibility index (Phi) is 2.02. The molecule has 3 nitrogen and oxygen atoms in total. The summed E-state index contributed by atoms with van der Waals surface area (Å²) in [6, 6.07) is 2.17. The molecule has 1 aliphatic heterocycles. The minimum atomic E-state index is -1.43. The van der Waals surface area contributed by atoms with Gasteiger partial charge >= 0.3 is 0 Å². The van der Waals surface area contributed by atoms with Crippen molar-refractivity contribution in [2.24, 2.45) is 16.1 Å². The molecule has 0 aromatic heterocycles. The third kappa shape index (κ3) is 1.14. The predicted octanol–water partition coefficient (Wildman–Crippen LogP) is 2.31. The van der Waals surface area contributed by atoms with Gasteiger partial charge < -0.3 is 11.5 Å². The number of anilines is 1. The molecule has 2 fully saturated rings. The molecule has 4 rings (SSSR count). The van der Waals surface area contributed by atoms with Gasteiger partial charge in [0.25, 0.3) is 0 Å². The van der Waals surface area contributed by atoms with Crippen molar-refractivity contribution in [1.82, 2.24) is 0 Å². The number of nitrogen functional groups attached to an aromatic ring is 1. The Morgan fingerprint density at radius 1 is 1.25 bits per heavy atom. The minimum absolute atomic E-state index is 0.0574. The zero-order valence-electron chi connectivity index (χ0n) is 10.4. The van der Waals surface area contributed by atoms with Crippen LogP contribution in [-0.4, -0.2) is 16.6 Å². The molecule has 0 saturated heterocycles. The molecule has 106 valence electrons. The number of nitrogens with two attached hydrogens (primary N) is 2. The van der Waals surface area contributed by atoms with E-state index in [0.717, 1.165) is 18.9 Å². The molecule has 0 spiro atoms. The van der Waals surface area contributed by atoms with Crippen molar-refractivity contribution < 1.29 is 13.2 Å². The van der Waals surface area contributed by atoms with E-state index in [4.69, 9.17) is 11.5 Å². The Labute approximate surface area is 117 Å². The summed E-state index contributed by atoms with van der Waals surface area (Å²) in [4.78, 5) is 4.20. The van der Waals surface area contributed by atoms with E-state index in [9.17, 15) is 13.2 Å². The second kappa shape index (κ2) is 3.27. The van der Waals surface area contributed by atoms with Gasteiger partial charge in [0.2, 0.25) is 0 Å². The summed E-state index contributed by atoms with van der Waals surface area (Å²) in [5, 5.41) is 0.232. The molecule has 20 heavy (non-hydrogen) atoms. The van der Waals surface area contributed by atoms with E-state index in [2.05, 4.69) is 4.99 Å². The number of hydrogen-bond acceptors (Lipinski definition) is 4. The van der Waals surface area contributed by atoms with E-state index >= 15 is 0 Å². The number of rotatable bonds is 2. The zero-order chi connectivity index (χ0) is 14.3. The highest BCUT2D eigenvalue weighted by Crippen LogP contribution is 2.92. The van der Waals surface area contributed by atoms with E-state index in [1.807, 2.05) is 0 Å². The summed E-state index contributed by atoms with van der Waals surface area (Å²) < 4.78 is 41.6. The highest BCUT2D eigenvalue weighted by molar-refractivity contribution is 8.15. The SMILES string of the molecule is NC1=N[C@](CF)(c2cc(N)cc(F)c2F)C23CC2(C3)S1. The lowest BCUT2D eigenvalue weighted by Gasteiger charge is -2.32. The maximum Gasteiger partial charge on any atom is 0.164 e. The summed E-state index contributed by atoms with van der Waals surface area (Å²) in [5.41, 5.74) is 9.45. The Hall–Kier alpha value is -1.37. The Morgan fingerprint density at radius 3 is 2.60 bits per heavy atom. The molecule has 7 heteroatoms. The van der Waals surface area contributed by atoms with Crippen LogP contribution < -0.4 is 11.5 Å². The van der Waals surface area contributed by atoms with Gasteiger partial charge in [-0.15, -0.1) is 0 Å². The molecule has 4 N–H and O–H groups in total. The van der Waals surface area contributed by atoms with Crippen LogP contribution in [0.3, 0.4) is 0 Å². The molecule has 0 unspecified atom stereocenters. The molecule has 1 atom stereocenters. The molecule has 3 aliphatic rings. The van der Waals surface area contributed by atoms with Crippen LogP contribution >= 0.6 is 11.8 Å². The molecule has 1 aromatic carbocycles. The van der Waals surface area contributed by atoms with Gasteiger partial charge in [0, 0.05) is 21.4 Å². The maximum atomic E-state index is 14.2. The Morgan fingerprint density at radius 2 is 1.95 bits per heavy atom. The maximum absolute atomic E-state index is 14.2. The fourth-order valence-electron chi connectivity index (χ4n) is 3.65. The van der Waals surface area contributed by atoms with Crippen LogP contribution in [-0.2, 0) is 5.54 Å². The molecule has 2 saturated carbocycles. The number of alkyl halides is 1. The molecule has 0 radical (unpaired) electrons. The van der Waals surface area contributed by atoms with Crippen LogP contribution in [0.2, 0.25) is 0 Å². The highest BCUT2D eigenvalue weighted by Gasteiger charge is 2.92. The van der Waals surface area contributed by atoms with Crippen LogP contribution in [0.15, 0.2) is 17.1 Å². The third-order valence-electron chi connectivity index (χ3n) is 4.88. The first kappa shape index (κ1) is 12.4. The summed E-state index contributed by atoms with van der Waals surface area (Å²) in [6.07, 6.45) is 1.46. The fraction of sp³-hybridized carbons (Fsp3) is 0.462. The van der Waals surface area contributed by atoms with Crippen molar-refractivity contribution in [3.05, 3.63) is 29.3 Å². The van der Waals surface area contributed by atoms with E-state index in [0.29, 0.717) is 0 Å². The van der Waals surface area contributed by atoms with Crippen LogP contribution in [0.4, 0.5) is 18.9 Å². The van der Waals surface area contributed by atoms with Crippen molar-refractivity contribution in [2.75, 3.05) is 12.4 Å². The highest BCUT2D eigenvalue weighted by atomic mass is 32.2. The fourth-order valence-corrected chi connectivity index (χ4v) is 5.25. The predicted molar refractivity (Wildman–Crippen MR) is 72.0 cm³/mol. The first-order chi connectivity index (χ1) is 9.40. The second-order valence-electron chi connectivity index (χ2n) is 5.84. The van der Waals surface area contributed by atoms with Crippen molar-refractivity contribution in [1.29, 1.82) is 0 Å². The topological polar surface area (TPSA) is 64.4 Å². The quantitative estimate of drug-likeness (QED) is 0.824. The van der Waals surface area contributed by atoms with Gasteiger partial charge in [0.1, 0.15) is 12.2 Å². The summed E-state index contributed by atoms with van der Waals surface area (Å²) in [5.74, 6) is -2.16. The van der Waals surface area contributed by atoms with Crippen molar-refractivity contribution in [2.45, 2.75) is 23.1 Å². The van der Waals surface area contributed by atoms with Crippen LogP contribution in [0.25, 0.3) is 0 Å². The Balaban J connectivity index is 1.97. The molecule has 2 aliphatic carbocycles. The Bertz CT molecular complexity index is 669. The zero-order valence-corrected chi connectivity index (χ0v) is 11.2. The number of amidine groups is 1. The van der Waals surface area contributed by atoms with E-state index in [1.165, 1.54) is 17.8 Å². The first-order valence-electron chi connectivity index (χ1n) is 6.25. The van der Waals surface area contributed by atoms with E-state index in [1.54, 1.807) is 0 Å². The standard InChI is InChI=1S/C13H12F3N3S/c14-5-13(7-1-6(17)2-8(15)9(7)16)11-3-12(11,4-11)20-10(18)19-13/h1-2H,3-5,17H2,(H2,18,19)/t11?,12?,13-/m1/s1. The van der Waals surface area contributed by atoms with Gasteiger partial charge in [-0.25, -0.2) is 18.2 Å². The van der Waals surface area contributed by atoms with Gasteiger partial charge in [-0.2, -0.15) is 0 Å². The van der Waals surface area contributed by atoms with Crippen LogP contribution in [0, 0.1) is 17.0 Å². The average molecular weight is 299 g/mol. The molecule has 1 aromatic rings. The second-order valence-corrected chi connectivity index (χ2v) is 7.24. The number of halogens is 3. The van der Waals surface area contributed by atoms with Crippen LogP contribution in [0.5, 0.6) is 0 Å². The van der Waals surface area contributed by atoms with Crippen molar-refractivity contribution in [3.63, 3.8) is 0 Å². The van der Waals surface area contributed by atoms with Crippen LogP contribution in [0.1, 0.15) is 18.4 Å². The lowest BCUT2D eigenvalue weighted by Crippen LogP contribution is -2.38. The smallest absolute Gasteiger partial charge is 0.164 e. The lowest BCUT2D eigenvalue weighted by atomic mass is 9.80. The molecular weight excluding hydrogens is 287 g/mol. The summed E-state index contributed by atoms with van der Waals surface area (Å²) in [7, 11) is 0. The first-order valence-corrected chi connectivity index (χ1v) is 7.07. The minimum Gasteiger partial charge on any atom is -0.399 e. The molecular formula is C13H12F3N3S. The van der Waals surface area contributed by atoms with Gasteiger partial charge in [-0.3, -0.25) is 0 Å². The number of thioether (sulfide) groups is 1. The number of nitrogens with zero attached hydrogens (tertiary/aromatic N) is 1. The molecule has 0 bridgehead atoms. The van der Waals surface area contributed by atoms with E-state index in [-0.39, 0.29) is 21.2 Å². The number of aliphatic imine (C=N–C) groups is 1. The number of hydrogen-bond donors (Lipinski definition) is 2. The lowest BCUT2D eigenvalue weighted by molar-refractivity contribution is 0.229. The normalized spacial score (nSPS) is 40.6. The summed E-state index contributed by atoms with van der Waals surface area (Å²) in [6.45, 7) is -0.907. The van der Waals surface area contributed by atoms with Gasteiger partial charge in [0.05, 0.1) is 0 Å². The van der Waals surface area contributed by atoms with Crippen molar-refractivity contribution in [3.8, 4) is 0 Å². The third-order valence-corrected chi connectivity index (χ3v) is 6.25. The monoisotopic (exact) mass is 299 g/mol. The largest absolute Gasteiger partial charge is 0.399 e. The average Bonchev–Trinajstić information content (AvgIpc) is 3.19. The van der Waals surface area contributed by atoms with Gasteiger partial charge in [-0.05, 0) is 25.0 Å².